The van der Waals surface area contributed by atoms with Gasteiger partial charge in [-0.05, 0) is 0 Å². The molecule has 1 rings (SSSR count). The second-order valence-corrected chi connectivity index (χ2v) is 1.89. The fourth-order valence-electron chi connectivity index (χ4n) is 0.590. The van der Waals surface area contributed by atoms with E-state index in [0.717, 1.165) is 0 Å². The molecule has 1 fully saturated rings. The first-order chi connectivity index (χ1) is 7.96. The van der Waals surface area contributed by atoms with Crippen LogP contribution in [0.5, 0.6) is 0 Å². The lowest BCUT2D eigenvalue weighted by Crippen LogP contribution is -2.58. The molecule has 12 heavy (non-hydrogen) atoms. The molecular weight excluding hydrogens is 168 g/mol. The minimum atomic E-state index is -4.16. The summed E-state index contributed by atoms with van der Waals surface area (Å²) in [5.74, 6) is 0. The first kappa shape index (κ1) is 3.87. The number of hydrogen-bond acceptors (Lipinski definition) is 6. The Morgan fingerprint density at radius 2 is 1.75 bits per heavy atom. The second kappa shape index (κ2) is 3.65. The maximum absolute atomic E-state index is 9.57. The van der Waals surface area contributed by atoms with Crippen LogP contribution in [-0.2, 0) is 4.74 Å². The molecule has 0 amide bonds. The van der Waals surface area contributed by atoms with Crippen molar-refractivity contribution in [3.8, 4) is 0 Å². The van der Waals surface area contributed by atoms with E-state index in [1.54, 1.807) is 0 Å². The second-order valence-electron chi connectivity index (χ2n) is 1.89. The number of hydrogen-bond donors (Lipinski definition) is 5. The summed E-state index contributed by atoms with van der Waals surface area (Å²) in [4.78, 5) is 0. The molecule has 0 aromatic rings. The normalized spacial score (nSPS) is 89.6. The van der Waals surface area contributed by atoms with Gasteiger partial charge in [-0.2, -0.15) is 0 Å². The van der Waals surface area contributed by atoms with Crippen molar-refractivity contribution in [1.29, 1.82) is 0 Å². The highest BCUT2D eigenvalue weighted by molar-refractivity contribution is 4.87. The van der Waals surface area contributed by atoms with Gasteiger partial charge in [0.15, 0.2) is 6.27 Å². The van der Waals surface area contributed by atoms with Gasteiger partial charge in [-0.3, -0.25) is 0 Å². The third-order valence-electron chi connectivity index (χ3n) is 1.17. The molecule has 0 spiro atoms. The highest BCUT2D eigenvalue weighted by Gasteiger charge is 2.42. The molecule has 0 bridgehead atoms. The van der Waals surface area contributed by atoms with Gasteiger partial charge in [-0.1, -0.05) is 0 Å². The summed E-state index contributed by atoms with van der Waals surface area (Å²) in [6.07, 6.45) is -20.3. The average Bonchev–Trinajstić information content (AvgIpc) is 2.12. The Morgan fingerprint density at radius 1 is 1.17 bits per heavy atom. The minimum Gasteiger partial charge on any atom is -0.394 e. The summed E-state index contributed by atoms with van der Waals surface area (Å²) in [5, 5.41) is 46.8. The molecule has 6 nitrogen and oxygen atoms in total. The van der Waals surface area contributed by atoms with Gasteiger partial charge in [0.2, 0.25) is 0 Å². The Hall–Kier alpha value is -0.240. The summed E-state index contributed by atoms with van der Waals surface area (Å²) in [6, 6.07) is 0. The van der Waals surface area contributed by atoms with Crippen LogP contribution in [0.1, 0.15) is 9.60 Å². The Kier molecular flexibility index (Phi) is 1.18. The fourth-order valence-corrected chi connectivity index (χ4v) is 0.590. The lowest BCUT2D eigenvalue weighted by Gasteiger charge is -2.37. The van der Waals surface area contributed by atoms with Crippen LogP contribution in [-0.4, -0.2) is 62.7 Å². The van der Waals surface area contributed by atoms with Crippen LogP contribution in [0.2, 0.25) is 0 Å². The molecule has 1 aliphatic heterocycles. The molecule has 1 heterocycles. The van der Waals surface area contributed by atoms with Crippen LogP contribution in [0, 0.1) is 0 Å². The molecule has 5 N–H and O–H groups in total. The molecule has 6 heteroatoms. The van der Waals surface area contributed by atoms with E-state index in [1.165, 1.54) is 0 Å². The standard InChI is InChI=1S/C6H12O6/c7-1-2-3(8)4(9)5(10)6(11)12-2/h2-11H,1H2/i1D2,2D,3D,4D,5D,6D. The van der Waals surface area contributed by atoms with Gasteiger partial charge in [0, 0.05) is 0 Å². The molecule has 5 unspecified atom stereocenters. The van der Waals surface area contributed by atoms with Crippen LogP contribution in [0.15, 0.2) is 0 Å². The number of rotatable bonds is 1. The van der Waals surface area contributed by atoms with Crippen LogP contribution in [0.4, 0.5) is 0 Å². The van der Waals surface area contributed by atoms with Crippen molar-refractivity contribution < 1.29 is 39.9 Å². The quantitative estimate of drug-likeness (QED) is 0.295. The van der Waals surface area contributed by atoms with Crippen LogP contribution in [0.25, 0.3) is 0 Å². The van der Waals surface area contributed by atoms with E-state index >= 15 is 0 Å². The van der Waals surface area contributed by atoms with Crippen molar-refractivity contribution >= 4 is 0 Å². The molecule has 0 radical (unpaired) electrons. The third kappa shape index (κ3) is 1.58. The highest BCUT2D eigenvalue weighted by Crippen LogP contribution is 2.18. The predicted octanol–water partition coefficient (Wildman–Crippen LogP) is -3.22. The molecule has 5 atom stereocenters. The lowest BCUT2D eigenvalue weighted by atomic mass is 10.00. The van der Waals surface area contributed by atoms with Gasteiger partial charge in [-0.25, -0.2) is 0 Å². The number of aliphatic hydroxyl groups is 5. The summed E-state index contributed by atoms with van der Waals surface area (Å²) >= 11 is 0. The Labute approximate surface area is 78.5 Å². The molecule has 0 aliphatic carbocycles. The summed E-state index contributed by atoms with van der Waals surface area (Å²) < 4.78 is 53.4. The maximum Gasteiger partial charge on any atom is 0.184 e. The van der Waals surface area contributed by atoms with E-state index in [4.69, 9.17) is 14.7 Å². The summed E-state index contributed by atoms with van der Waals surface area (Å²) in [7, 11) is 0. The van der Waals surface area contributed by atoms with E-state index in [9.17, 15) is 20.4 Å². The molecule has 72 valence electrons. The Balaban J connectivity index is 3.60. The molecule has 0 aromatic heterocycles. The van der Waals surface area contributed by atoms with Crippen molar-refractivity contribution in [1.82, 2.24) is 0 Å². The van der Waals surface area contributed by atoms with Gasteiger partial charge in [0.25, 0.3) is 0 Å². The lowest BCUT2D eigenvalue weighted by molar-refractivity contribution is -0.286. The summed E-state index contributed by atoms with van der Waals surface area (Å²) in [6.45, 7) is -3.93. The van der Waals surface area contributed by atoms with Crippen LogP contribution in [0.3, 0.4) is 0 Å². The van der Waals surface area contributed by atoms with Gasteiger partial charge >= 0.3 is 0 Å². The smallest absolute Gasteiger partial charge is 0.184 e. The zero-order chi connectivity index (χ0) is 15.7. The van der Waals surface area contributed by atoms with E-state index < -0.39 is 37.1 Å². The first-order valence-corrected chi connectivity index (χ1v) is 2.78. The number of ether oxygens (including phenoxy) is 1. The SMILES string of the molecule is [2H]C([2H])(O)C1([2H])OC([2H])(O)C([2H])(O)C([2H])(O)C1([2H])O. The molecular formula is C6H12O6. The van der Waals surface area contributed by atoms with Crippen molar-refractivity contribution in [2.24, 2.45) is 0 Å². The van der Waals surface area contributed by atoms with E-state index in [2.05, 4.69) is 4.74 Å². The van der Waals surface area contributed by atoms with Crippen molar-refractivity contribution in [2.75, 3.05) is 6.56 Å². The highest BCUT2D eigenvalue weighted by atomic mass is 16.6. The molecule has 0 aromatic carbocycles. The minimum absolute atomic E-state index is 3.90. The van der Waals surface area contributed by atoms with Gasteiger partial charge in [0.1, 0.15) is 24.3 Å². The molecule has 1 saturated heterocycles. The van der Waals surface area contributed by atoms with Crippen molar-refractivity contribution in [3.63, 3.8) is 0 Å². The Bertz CT molecular complexity index is 390. The van der Waals surface area contributed by atoms with Crippen molar-refractivity contribution in [3.05, 3.63) is 0 Å². The van der Waals surface area contributed by atoms with Crippen molar-refractivity contribution in [2.45, 2.75) is 30.6 Å². The largest absolute Gasteiger partial charge is 0.394 e. The first-order valence-electron chi connectivity index (χ1n) is 6.28. The van der Waals surface area contributed by atoms with E-state index in [1.807, 2.05) is 0 Å². The van der Waals surface area contributed by atoms with Gasteiger partial charge in [-0.15, -0.1) is 0 Å². The topological polar surface area (TPSA) is 110 Å². The zero-order valence-electron chi connectivity index (χ0n) is 12.6. The average molecular weight is 187 g/mol. The van der Waals surface area contributed by atoms with Gasteiger partial charge < -0.3 is 30.3 Å². The predicted molar refractivity (Wildman–Crippen MR) is 36.0 cm³/mol. The van der Waals surface area contributed by atoms with E-state index in [0.29, 0.717) is 0 Å². The van der Waals surface area contributed by atoms with Gasteiger partial charge in [0.05, 0.1) is 16.2 Å². The van der Waals surface area contributed by atoms with Crippen LogP contribution < -0.4 is 0 Å². The van der Waals surface area contributed by atoms with E-state index in [-0.39, 0.29) is 0 Å². The third-order valence-corrected chi connectivity index (χ3v) is 1.17. The zero-order valence-corrected chi connectivity index (χ0v) is 5.64. The molecule has 0 saturated carbocycles. The van der Waals surface area contributed by atoms with Crippen LogP contribution >= 0.6 is 0 Å². The molecule has 1 aliphatic rings. The summed E-state index contributed by atoms with van der Waals surface area (Å²) in [5.41, 5.74) is 0. The maximum atomic E-state index is 9.57. The Morgan fingerprint density at radius 3 is 2.25 bits per heavy atom. The monoisotopic (exact) mass is 187 g/mol. The fraction of sp³-hybridized carbons (Fsp3) is 1.00.